The summed E-state index contributed by atoms with van der Waals surface area (Å²) in [6, 6.07) is 6.41. The second-order valence-corrected chi connectivity index (χ2v) is 5.10. The number of fused-ring (bicyclic) bond motifs is 2. The molecule has 0 aliphatic carbocycles. The molecule has 0 saturated heterocycles. The van der Waals surface area contributed by atoms with Crippen molar-refractivity contribution < 1.29 is 4.74 Å². The van der Waals surface area contributed by atoms with Crippen LogP contribution in [-0.4, -0.2) is 36.8 Å². The molecular formula is C15H14N6O. The second kappa shape index (κ2) is 4.52. The van der Waals surface area contributed by atoms with Gasteiger partial charge in [-0.25, -0.2) is 4.98 Å². The highest BCUT2D eigenvalue weighted by molar-refractivity contribution is 5.95. The summed E-state index contributed by atoms with van der Waals surface area (Å²) in [5.41, 5.74) is 5.41. The van der Waals surface area contributed by atoms with Crippen molar-refractivity contribution in [3.05, 3.63) is 30.2 Å². The molecule has 3 aromatic heterocycles. The summed E-state index contributed by atoms with van der Waals surface area (Å²) in [5, 5.41) is 5.42. The zero-order valence-electron chi connectivity index (χ0n) is 12.5. The van der Waals surface area contributed by atoms with E-state index in [4.69, 9.17) is 4.74 Å². The molecule has 0 atom stereocenters. The molecule has 7 heteroatoms. The summed E-state index contributed by atoms with van der Waals surface area (Å²) < 4.78 is 6.94. The Kier molecular flexibility index (Phi) is 2.62. The van der Waals surface area contributed by atoms with Gasteiger partial charge in [0.15, 0.2) is 5.65 Å². The first kappa shape index (κ1) is 12.8. The predicted octanol–water partition coefficient (Wildman–Crippen LogP) is 2.22. The van der Waals surface area contributed by atoms with Crippen molar-refractivity contribution in [1.82, 2.24) is 29.7 Å². The standard InChI is InChI=1S/C15H14N6O/c1-8-12-13(9-4-5-10-11(6-9)17-7-16-10)21(2)20-14(12)19-15(18-8)22-3/h4-7H,1-3H3,(H,16,17). The number of methoxy groups -OCH3 is 1. The maximum absolute atomic E-state index is 5.12. The third-order valence-corrected chi connectivity index (χ3v) is 3.73. The molecule has 0 spiro atoms. The average Bonchev–Trinajstić information content (AvgIpc) is 3.09. The highest BCUT2D eigenvalue weighted by Crippen LogP contribution is 2.31. The van der Waals surface area contributed by atoms with Gasteiger partial charge >= 0.3 is 6.01 Å². The Morgan fingerprint density at radius 1 is 1.23 bits per heavy atom. The lowest BCUT2D eigenvalue weighted by Crippen LogP contribution is -1.95. The molecule has 4 aromatic rings. The summed E-state index contributed by atoms with van der Waals surface area (Å²) >= 11 is 0. The van der Waals surface area contributed by atoms with E-state index in [0.717, 1.165) is 33.4 Å². The number of H-pyrrole nitrogens is 1. The van der Waals surface area contributed by atoms with Gasteiger partial charge in [0.2, 0.25) is 0 Å². The molecule has 0 aliphatic rings. The van der Waals surface area contributed by atoms with Crippen LogP contribution < -0.4 is 4.74 Å². The van der Waals surface area contributed by atoms with Crippen molar-refractivity contribution in [3.63, 3.8) is 0 Å². The molecular weight excluding hydrogens is 280 g/mol. The number of nitrogens with zero attached hydrogens (tertiary/aromatic N) is 5. The van der Waals surface area contributed by atoms with Crippen LogP contribution in [0.25, 0.3) is 33.3 Å². The number of ether oxygens (including phenoxy) is 1. The maximum Gasteiger partial charge on any atom is 0.318 e. The molecule has 3 heterocycles. The van der Waals surface area contributed by atoms with Gasteiger partial charge in [-0.1, -0.05) is 6.07 Å². The van der Waals surface area contributed by atoms with Crippen molar-refractivity contribution in [2.75, 3.05) is 7.11 Å². The van der Waals surface area contributed by atoms with Gasteiger partial charge in [0.05, 0.1) is 41.2 Å². The van der Waals surface area contributed by atoms with Crippen LogP contribution in [0.15, 0.2) is 24.5 Å². The minimum absolute atomic E-state index is 0.332. The largest absolute Gasteiger partial charge is 0.467 e. The van der Waals surface area contributed by atoms with E-state index in [2.05, 4.69) is 31.1 Å². The normalized spacial score (nSPS) is 11.4. The van der Waals surface area contributed by atoms with Crippen LogP contribution in [0.5, 0.6) is 6.01 Å². The smallest absolute Gasteiger partial charge is 0.318 e. The molecule has 22 heavy (non-hydrogen) atoms. The fraction of sp³-hybridized carbons (Fsp3) is 0.200. The van der Waals surface area contributed by atoms with Gasteiger partial charge in [0.1, 0.15) is 0 Å². The lowest BCUT2D eigenvalue weighted by Gasteiger charge is -2.05. The number of imidazole rings is 1. The fourth-order valence-corrected chi connectivity index (χ4v) is 2.74. The molecule has 0 aliphatic heterocycles. The van der Waals surface area contributed by atoms with Crippen molar-refractivity contribution in [1.29, 1.82) is 0 Å². The zero-order valence-corrected chi connectivity index (χ0v) is 12.5. The van der Waals surface area contributed by atoms with Crippen molar-refractivity contribution >= 4 is 22.1 Å². The van der Waals surface area contributed by atoms with Crippen LogP contribution in [-0.2, 0) is 7.05 Å². The number of aryl methyl sites for hydroxylation is 2. The van der Waals surface area contributed by atoms with Gasteiger partial charge in [0, 0.05) is 12.6 Å². The van der Waals surface area contributed by atoms with Crippen LogP contribution >= 0.6 is 0 Å². The van der Waals surface area contributed by atoms with E-state index in [1.165, 1.54) is 0 Å². The fourth-order valence-electron chi connectivity index (χ4n) is 2.74. The number of benzene rings is 1. The Bertz CT molecular complexity index is 1000. The highest BCUT2D eigenvalue weighted by atomic mass is 16.5. The topological polar surface area (TPSA) is 81.5 Å². The summed E-state index contributed by atoms with van der Waals surface area (Å²) in [4.78, 5) is 16.1. The molecule has 110 valence electrons. The number of aromatic amines is 1. The number of nitrogens with one attached hydrogen (secondary N) is 1. The molecule has 0 saturated carbocycles. The van der Waals surface area contributed by atoms with E-state index in [0.29, 0.717) is 11.7 Å². The third-order valence-electron chi connectivity index (χ3n) is 3.73. The molecule has 0 bridgehead atoms. The van der Waals surface area contributed by atoms with E-state index in [9.17, 15) is 0 Å². The average molecular weight is 294 g/mol. The SMILES string of the molecule is COc1nc(C)c2c(-c3ccc4nc[nH]c4c3)n(C)nc2n1. The Morgan fingerprint density at radius 2 is 2.09 bits per heavy atom. The van der Waals surface area contributed by atoms with Crippen LogP contribution in [0.2, 0.25) is 0 Å². The number of aromatic nitrogens is 6. The van der Waals surface area contributed by atoms with Crippen LogP contribution in [0, 0.1) is 6.92 Å². The molecule has 0 unspecified atom stereocenters. The summed E-state index contributed by atoms with van der Waals surface area (Å²) in [7, 11) is 3.46. The molecule has 7 nitrogen and oxygen atoms in total. The first-order chi connectivity index (χ1) is 10.7. The Morgan fingerprint density at radius 3 is 2.91 bits per heavy atom. The van der Waals surface area contributed by atoms with Gasteiger partial charge in [-0.15, -0.1) is 0 Å². The first-order valence-electron chi connectivity index (χ1n) is 6.86. The molecule has 1 aromatic carbocycles. The Balaban J connectivity index is 2.03. The van der Waals surface area contributed by atoms with Gasteiger partial charge in [-0.3, -0.25) is 4.68 Å². The first-order valence-corrected chi connectivity index (χ1v) is 6.86. The minimum atomic E-state index is 0.332. The van der Waals surface area contributed by atoms with E-state index in [1.807, 2.05) is 30.8 Å². The van der Waals surface area contributed by atoms with E-state index in [-0.39, 0.29) is 0 Å². The molecule has 0 fully saturated rings. The van der Waals surface area contributed by atoms with Crippen LogP contribution in [0.1, 0.15) is 5.69 Å². The van der Waals surface area contributed by atoms with Gasteiger partial charge in [0.25, 0.3) is 0 Å². The summed E-state index contributed by atoms with van der Waals surface area (Å²) in [5.74, 6) is 0. The number of rotatable bonds is 2. The molecule has 0 radical (unpaired) electrons. The van der Waals surface area contributed by atoms with Crippen molar-refractivity contribution in [2.45, 2.75) is 6.92 Å². The van der Waals surface area contributed by atoms with Gasteiger partial charge in [-0.05, 0) is 19.1 Å². The van der Waals surface area contributed by atoms with E-state index >= 15 is 0 Å². The summed E-state index contributed by atoms with van der Waals surface area (Å²) in [6.07, 6.45) is 1.69. The van der Waals surface area contributed by atoms with Crippen molar-refractivity contribution in [2.24, 2.45) is 7.05 Å². The van der Waals surface area contributed by atoms with E-state index < -0.39 is 0 Å². The molecule has 4 rings (SSSR count). The number of hydrogen-bond donors (Lipinski definition) is 1. The van der Waals surface area contributed by atoms with Crippen LogP contribution in [0.4, 0.5) is 0 Å². The van der Waals surface area contributed by atoms with Crippen molar-refractivity contribution in [3.8, 4) is 17.3 Å². The van der Waals surface area contributed by atoms with Gasteiger partial charge in [-0.2, -0.15) is 15.1 Å². The maximum atomic E-state index is 5.12. The number of hydrogen-bond acceptors (Lipinski definition) is 5. The van der Waals surface area contributed by atoms with Gasteiger partial charge < -0.3 is 9.72 Å². The Labute approximate surface area is 126 Å². The lowest BCUT2D eigenvalue weighted by atomic mass is 10.1. The quantitative estimate of drug-likeness (QED) is 0.613. The third kappa shape index (κ3) is 1.75. The zero-order chi connectivity index (χ0) is 15.3. The lowest BCUT2D eigenvalue weighted by molar-refractivity contribution is 0.380. The highest BCUT2D eigenvalue weighted by Gasteiger charge is 2.17. The van der Waals surface area contributed by atoms with Crippen LogP contribution in [0.3, 0.4) is 0 Å². The predicted molar refractivity (Wildman–Crippen MR) is 82.7 cm³/mol. The summed E-state index contributed by atoms with van der Waals surface area (Å²) in [6.45, 7) is 1.94. The Hall–Kier alpha value is -2.96. The molecule has 0 amide bonds. The van der Waals surface area contributed by atoms with E-state index in [1.54, 1.807) is 13.4 Å². The molecule has 1 N–H and O–H groups in total. The minimum Gasteiger partial charge on any atom is -0.467 e. The monoisotopic (exact) mass is 294 g/mol. The second-order valence-electron chi connectivity index (χ2n) is 5.10.